The van der Waals surface area contributed by atoms with E-state index in [1.54, 1.807) is 18.2 Å². The molecule has 0 heterocycles. The summed E-state index contributed by atoms with van der Waals surface area (Å²) in [5, 5.41) is 23.1. The van der Waals surface area contributed by atoms with E-state index in [2.05, 4.69) is 5.32 Å². The van der Waals surface area contributed by atoms with Gasteiger partial charge in [-0.1, -0.05) is 18.2 Å². The first-order chi connectivity index (χ1) is 11.6. The molecule has 0 saturated heterocycles. The summed E-state index contributed by atoms with van der Waals surface area (Å²) in [5.74, 6) is 0.710. The van der Waals surface area contributed by atoms with Crippen molar-refractivity contribution in [1.82, 2.24) is 0 Å². The number of hydrogen-bond acceptors (Lipinski definition) is 5. The lowest BCUT2D eigenvalue weighted by Crippen LogP contribution is -2.16. The Morgan fingerprint density at radius 2 is 1.92 bits per heavy atom. The van der Waals surface area contributed by atoms with Crippen LogP contribution in [0.1, 0.15) is 18.9 Å². The number of nitro benzene ring substituents is 1. The molecule has 24 heavy (non-hydrogen) atoms. The van der Waals surface area contributed by atoms with Gasteiger partial charge in [0.1, 0.15) is 12.4 Å². The second-order valence-corrected chi connectivity index (χ2v) is 5.57. The quantitative estimate of drug-likeness (QED) is 0.544. The molecule has 0 spiro atoms. The largest absolute Gasteiger partial charge is 0.491 e. The van der Waals surface area contributed by atoms with E-state index in [0.717, 1.165) is 17.7 Å². The average molecular weight is 330 g/mol. The first kappa shape index (κ1) is 17.7. The summed E-state index contributed by atoms with van der Waals surface area (Å²) in [6, 6.07) is 14.5. The SMILES string of the molecule is CC(CCc1ccccc1[N+](=O)[O-])Nc1ccc(OCCO)cc1. The van der Waals surface area contributed by atoms with Crippen LogP contribution in [0.25, 0.3) is 0 Å². The number of anilines is 1. The van der Waals surface area contributed by atoms with Crippen LogP contribution in [0.2, 0.25) is 0 Å². The third kappa shape index (κ3) is 5.24. The molecule has 128 valence electrons. The Balaban J connectivity index is 1.87. The van der Waals surface area contributed by atoms with E-state index in [0.29, 0.717) is 12.2 Å². The van der Waals surface area contributed by atoms with Crippen molar-refractivity contribution < 1.29 is 14.8 Å². The molecule has 0 bridgehead atoms. The number of benzene rings is 2. The fourth-order valence-electron chi connectivity index (χ4n) is 2.44. The van der Waals surface area contributed by atoms with Crippen molar-refractivity contribution in [2.24, 2.45) is 0 Å². The number of aryl methyl sites for hydroxylation is 1. The van der Waals surface area contributed by atoms with Gasteiger partial charge in [-0.05, 0) is 44.0 Å². The number of para-hydroxylation sites is 1. The minimum absolute atomic E-state index is 0.0113. The van der Waals surface area contributed by atoms with Crippen LogP contribution < -0.4 is 10.1 Å². The smallest absolute Gasteiger partial charge is 0.272 e. The fourth-order valence-corrected chi connectivity index (χ4v) is 2.44. The van der Waals surface area contributed by atoms with Crippen LogP contribution >= 0.6 is 0 Å². The van der Waals surface area contributed by atoms with Crippen LogP contribution in [0.4, 0.5) is 11.4 Å². The van der Waals surface area contributed by atoms with E-state index < -0.39 is 0 Å². The number of nitrogens with zero attached hydrogens (tertiary/aromatic N) is 1. The Morgan fingerprint density at radius 3 is 2.58 bits per heavy atom. The van der Waals surface area contributed by atoms with Gasteiger partial charge in [0, 0.05) is 23.4 Å². The maximum absolute atomic E-state index is 11.0. The van der Waals surface area contributed by atoms with Crippen molar-refractivity contribution >= 4 is 11.4 Å². The summed E-state index contributed by atoms with van der Waals surface area (Å²) in [7, 11) is 0. The van der Waals surface area contributed by atoms with Crippen molar-refractivity contribution in [1.29, 1.82) is 0 Å². The minimum Gasteiger partial charge on any atom is -0.491 e. The van der Waals surface area contributed by atoms with Gasteiger partial charge in [0.2, 0.25) is 0 Å². The molecule has 6 nitrogen and oxygen atoms in total. The molecule has 0 aromatic heterocycles. The molecule has 2 aromatic rings. The molecule has 0 radical (unpaired) electrons. The fraction of sp³-hybridized carbons (Fsp3) is 0.333. The molecule has 0 aliphatic rings. The minimum atomic E-state index is -0.335. The summed E-state index contributed by atoms with van der Waals surface area (Å²) in [6.07, 6.45) is 1.43. The van der Waals surface area contributed by atoms with E-state index in [1.165, 1.54) is 0 Å². The van der Waals surface area contributed by atoms with Gasteiger partial charge in [0.05, 0.1) is 11.5 Å². The molecule has 1 atom stereocenters. The van der Waals surface area contributed by atoms with Crippen LogP contribution in [0.5, 0.6) is 5.75 Å². The summed E-state index contributed by atoms with van der Waals surface area (Å²) in [6.45, 7) is 2.31. The highest BCUT2D eigenvalue weighted by molar-refractivity contribution is 5.47. The van der Waals surface area contributed by atoms with Crippen LogP contribution in [0, 0.1) is 10.1 Å². The van der Waals surface area contributed by atoms with Gasteiger partial charge < -0.3 is 15.2 Å². The molecule has 2 aromatic carbocycles. The second kappa shape index (κ2) is 8.88. The number of aliphatic hydroxyl groups is 1. The monoisotopic (exact) mass is 330 g/mol. The molecule has 6 heteroatoms. The molecular formula is C18H22N2O4. The standard InChI is InChI=1S/C18H22N2O4/c1-14(6-7-15-4-2-3-5-18(15)20(22)23)19-16-8-10-17(11-9-16)24-13-12-21/h2-5,8-11,14,19,21H,6-7,12-13H2,1H3. The molecule has 1 unspecified atom stereocenters. The Bertz CT molecular complexity index is 658. The maximum Gasteiger partial charge on any atom is 0.272 e. The second-order valence-electron chi connectivity index (χ2n) is 5.57. The van der Waals surface area contributed by atoms with Crippen molar-refractivity contribution in [3.8, 4) is 5.75 Å². The van der Waals surface area contributed by atoms with Crippen LogP contribution in [-0.2, 0) is 6.42 Å². The summed E-state index contributed by atoms with van der Waals surface area (Å²) < 4.78 is 5.31. The van der Waals surface area contributed by atoms with Crippen LogP contribution in [0.15, 0.2) is 48.5 Å². The van der Waals surface area contributed by atoms with Gasteiger partial charge in [0.25, 0.3) is 5.69 Å². The number of nitrogens with one attached hydrogen (secondary N) is 1. The Kier molecular flexibility index (Phi) is 6.57. The highest BCUT2D eigenvalue weighted by Gasteiger charge is 2.13. The summed E-state index contributed by atoms with van der Waals surface area (Å²) >= 11 is 0. The summed E-state index contributed by atoms with van der Waals surface area (Å²) in [4.78, 5) is 10.7. The third-order valence-electron chi connectivity index (χ3n) is 3.66. The number of rotatable bonds is 9. The average Bonchev–Trinajstić information content (AvgIpc) is 2.59. The van der Waals surface area contributed by atoms with Gasteiger partial charge in [-0.15, -0.1) is 0 Å². The topological polar surface area (TPSA) is 84.6 Å². The zero-order valence-electron chi connectivity index (χ0n) is 13.6. The number of hydrogen-bond donors (Lipinski definition) is 2. The van der Waals surface area contributed by atoms with Crippen LogP contribution in [-0.4, -0.2) is 29.3 Å². The van der Waals surface area contributed by atoms with E-state index in [4.69, 9.17) is 9.84 Å². The van der Waals surface area contributed by atoms with Gasteiger partial charge in [-0.25, -0.2) is 0 Å². The maximum atomic E-state index is 11.0. The first-order valence-electron chi connectivity index (χ1n) is 7.92. The molecule has 0 amide bonds. The number of aliphatic hydroxyl groups excluding tert-OH is 1. The molecule has 2 N–H and O–H groups in total. The van der Waals surface area contributed by atoms with Crippen molar-refractivity contribution in [2.45, 2.75) is 25.8 Å². The normalized spacial score (nSPS) is 11.8. The van der Waals surface area contributed by atoms with E-state index >= 15 is 0 Å². The predicted molar refractivity (Wildman–Crippen MR) is 93.5 cm³/mol. The molecule has 0 aliphatic carbocycles. The van der Waals surface area contributed by atoms with Gasteiger partial charge in [0.15, 0.2) is 0 Å². The lowest BCUT2D eigenvalue weighted by atomic mass is 10.0. The van der Waals surface area contributed by atoms with Gasteiger partial charge in [-0.2, -0.15) is 0 Å². The van der Waals surface area contributed by atoms with E-state index in [9.17, 15) is 10.1 Å². The van der Waals surface area contributed by atoms with Gasteiger partial charge >= 0.3 is 0 Å². The Morgan fingerprint density at radius 1 is 1.21 bits per heavy atom. The van der Waals surface area contributed by atoms with Gasteiger partial charge in [-0.3, -0.25) is 10.1 Å². The Hall–Kier alpha value is -2.60. The summed E-state index contributed by atoms with van der Waals surface area (Å²) in [5.41, 5.74) is 1.89. The van der Waals surface area contributed by atoms with E-state index in [1.807, 2.05) is 37.3 Å². The zero-order valence-corrected chi connectivity index (χ0v) is 13.6. The highest BCUT2D eigenvalue weighted by atomic mass is 16.6. The van der Waals surface area contributed by atoms with Crippen LogP contribution in [0.3, 0.4) is 0 Å². The Labute approximate surface area is 141 Å². The number of ether oxygens (including phenoxy) is 1. The van der Waals surface area contributed by atoms with Crippen molar-refractivity contribution in [3.05, 3.63) is 64.2 Å². The highest BCUT2D eigenvalue weighted by Crippen LogP contribution is 2.21. The van der Waals surface area contributed by atoms with E-state index in [-0.39, 0.29) is 29.9 Å². The first-order valence-corrected chi connectivity index (χ1v) is 7.92. The lowest BCUT2D eigenvalue weighted by Gasteiger charge is -2.15. The molecule has 0 aliphatic heterocycles. The number of nitro groups is 1. The van der Waals surface area contributed by atoms with Crippen molar-refractivity contribution in [3.63, 3.8) is 0 Å². The molecular weight excluding hydrogens is 308 g/mol. The molecule has 2 rings (SSSR count). The molecule has 0 saturated carbocycles. The lowest BCUT2D eigenvalue weighted by molar-refractivity contribution is -0.385. The third-order valence-corrected chi connectivity index (χ3v) is 3.66. The zero-order chi connectivity index (χ0) is 17.4. The predicted octanol–water partition coefficient (Wildman–Crippen LogP) is 3.40. The van der Waals surface area contributed by atoms with Crippen molar-refractivity contribution in [2.75, 3.05) is 18.5 Å². The molecule has 0 fully saturated rings.